The summed E-state index contributed by atoms with van der Waals surface area (Å²) in [4.78, 5) is 19.3. The van der Waals surface area contributed by atoms with Crippen LogP contribution in [-0.4, -0.2) is 21.0 Å². The average Bonchev–Trinajstić information content (AvgIpc) is 2.38. The molecule has 0 bridgehead atoms. The Morgan fingerprint density at radius 1 is 1.22 bits per heavy atom. The zero-order chi connectivity index (χ0) is 13.0. The molecule has 1 unspecified atom stereocenters. The fourth-order valence-corrected chi connectivity index (χ4v) is 1.76. The van der Waals surface area contributed by atoms with E-state index in [-0.39, 0.29) is 0 Å². The summed E-state index contributed by atoms with van der Waals surface area (Å²) >= 11 is 5.79. The van der Waals surface area contributed by atoms with Gasteiger partial charge in [0.2, 0.25) is 0 Å². The minimum Gasteiger partial charge on any atom is -0.481 e. The van der Waals surface area contributed by atoms with E-state index in [9.17, 15) is 9.90 Å². The van der Waals surface area contributed by atoms with Gasteiger partial charge in [0.05, 0.1) is 0 Å². The SMILES string of the molecule is O=C(O)C(Cc1ccc(Cl)cc1)c1ncccn1. The minimum absolute atomic E-state index is 0.319. The number of carbonyl (C=O) groups is 1. The molecule has 1 heterocycles. The Morgan fingerprint density at radius 2 is 1.83 bits per heavy atom. The van der Waals surface area contributed by atoms with E-state index in [4.69, 9.17) is 11.6 Å². The normalized spacial score (nSPS) is 12.1. The minimum atomic E-state index is -0.934. The van der Waals surface area contributed by atoms with E-state index in [2.05, 4.69) is 9.97 Å². The van der Waals surface area contributed by atoms with Crippen molar-refractivity contribution in [1.82, 2.24) is 9.97 Å². The number of aromatic nitrogens is 2. The molecule has 0 aliphatic carbocycles. The lowest BCUT2D eigenvalue weighted by Crippen LogP contribution is -2.17. The summed E-state index contributed by atoms with van der Waals surface area (Å²) in [5.41, 5.74) is 0.888. The molecule has 0 saturated heterocycles. The molecule has 4 nitrogen and oxygen atoms in total. The van der Waals surface area contributed by atoms with Crippen LogP contribution in [0.3, 0.4) is 0 Å². The van der Waals surface area contributed by atoms with Crippen molar-refractivity contribution in [3.8, 4) is 0 Å². The van der Waals surface area contributed by atoms with Crippen LogP contribution in [0.15, 0.2) is 42.7 Å². The first kappa shape index (κ1) is 12.5. The topological polar surface area (TPSA) is 63.1 Å². The summed E-state index contributed by atoms with van der Waals surface area (Å²) in [5.74, 6) is -1.36. The molecule has 0 aliphatic rings. The van der Waals surface area contributed by atoms with E-state index in [1.807, 2.05) is 0 Å². The summed E-state index contributed by atoms with van der Waals surface area (Å²) in [6.45, 7) is 0. The molecule has 0 radical (unpaired) electrons. The van der Waals surface area contributed by atoms with Gasteiger partial charge in [-0.1, -0.05) is 23.7 Å². The number of carboxylic acids is 1. The maximum atomic E-state index is 11.3. The Kier molecular flexibility index (Phi) is 3.89. The molecule has 0 amide bonds. The highest BCUT2D eigenvalue weighted by Crippen LogP contribution is 2.19. The van der Waals surface area contributed by atoms with Crippen LogP contribution in [0.2, 0.25) is 5.02 Å². The van der Waals surface area contributed by atoms with Crippen LogP contribution in [0.5, 0.6) is 0 Å². The van der Waals surface area contributed by atoms with E-state index in [0.29, 0.717) is 17.3 Å². The zero-order valence-corrected chi connectivity index (χ0v) is 10.2. The number of halogens is 1. The summed E-state index contributed by atoms with van der Waals surface area (Å²) < 4.78 is 0. The van der Waals surface area contributed by atoms with Crippen molar-refractivity contribution in [2.24, 2.45) is 0 Å². The molecule has 0 saturated carbocycles. The van der Waals surface area contributed by atoms with Gasteiger partial charge in [0.15, 0.2) is 0 Å². The van der Waals surface area contributed by atoms with Gasteiger partial charge >= 0.3 is 5.97 Å². The van der Waals surface area contributed by atoms with Gasteiger partial charge in [0.25, 0.3) is 0 Å². The van der Waals surface area contributed by atoms with Gasteiger partial charge in [0.1, 0.15) is 11.7 Å². The summed E-state index contributed by atoms with van der Waals surface area (Å²) in [6, 6.07) is 8.75. The second-order valence-electron chi connectivity index (χ2n) is 3.83. The third-order valence-electron chi connectivity index (χ3n) is 2.55. The van der Waals surface area contributed by atoms with Crippen molar-refractivity contribution >= 4 is 17.6 Å². The number of hydrogen-bond acceptors (Lipinski definition) is 3. The second-order valence-corrected chi connectivity index (χ2v) is 4.26. The number of hydrogen-bond donors (Lipinski definition) is 1. The predicted octanol–water partition coefficient (Wildman–Crippen LogP) is 2.54. The molecule has 1 aromatic carbocycles. The van der Waals surface area contributed by atoms with E-state index < -0.39 is 11.9 Å². The van der Waals surface area contributed by atoms with Crippen molar-refractivity contribution in [3.63, 3.8) is 0 Å². The van der Waals surface area contributed by atoms with Crippen molar-refractivity contribution in [3.05, 3.63) is 59.1 Å². The van der Waals surface area contributed by atoms with E-state index >= 15 is 0 Å². The fourth-order valence-electron chi connectivity index (χ4n) is 1.64. The van der Waals surface area contributed by atoms with E-state index in [1.165, 1.54) is 0 Å². The lowest BCUT2D eigenvalue weighted by molar-refractivity contribution is -0.139. The Morgan fingerprint density at radius 3 is 2.39 bits per heavy atom. The Hall–Kier alpha value is -1.94. The number of aliphatic carboxylic acids is 1. The first-order valence-electron chi connectivity index (χ1n) is 5.41. The van der Waals surface area contributed by atoms with Crippen LogP contribution in [-0.2, 0) is 11.2 Å². The van der Waals surface area contributed by atoms with Gasteiger partial charge < -0.3 is 5.11 Å². The Bertz CT molecular complexity index is 528. The fraction of sp³-hybridized carbons (Fsp3) is 0.154. The van der Waals surface area contributed by atoms with Crippen LogP contribution >= 0.6 is 11.6 Å². The summed E-state index contributed by atoms with van der Waals surface area (Å²) in [7, 11) is 0. The molecule has 2 aromatic rings. The lowest BCUT2D eigenvalue weighted by atomic mass is 9.99. The molecule has 92 valence electrons. The third-order valence-corrected chi connectivity index (χ3v) is 2.80. The van der Waals surface area contributed by atoms with Gasteiger partial charge in [-0.3, -0.25) is 4.79 Å². The van der Waals surface area contributed by atoms with Crippen molar-refractivity contribution in [2.45, 2.75) is 12.3 Å². The largest absolute Gasteiger partial charge is 0.481 e. The molecule has 1 N–H and O–H groups in total. The number of carboxylic acid groups (broad SMARTS) is 1. The van der Waals surface area contributed by atoms with Gasteiger partial charge in [-0.2, -0.15) is 0 Å². The van der Waals surface area contributed by atoms with Crippen LogP contribution in [0.25, 0.3) is 0 Å². The van der Waals surface area contributed by atoms with E-state index in [1.54, 1.807) is 42.7 Å². The Balaban J connectivity index is 2.22. The maximum Gasteiger partial charge on any atom is 0.314 e. The summed E-state index contributed by atoms with van der Waals surface area (Å²) in [6.07, 6.45) is 3.43. The van der Waals surface area contributed by atoms with Gasteiger partial charge in [0, 0.05) is 17.4 Å². The highest BCUT2D eigenvalue weighted by atomic mass is 35.5. The maximum absolute atomic E-state index is 11.3. The standard InChI is InChI=1S/C13H11ClN2O2/c14-10-4-2-9(3-5-10)8-11(13(17)18)12-15-6-1-7-16-12/h1-7,11H,8H2,(H,17,18). The molecule has 1 aromatic heterocycles. The molecule has 0 spiro atoms. The number of nitrogens with zero attached hydrogens (tertiary/aromatic N) is 2. The second kappa shape index (κ2) is 5.60. The van der Waals surface area contributed by atoms with Crippen molar-refractivity contribution in [1.29, 1.82) is 0 Å². The molecule has 5 heteroatoms. The molecule has 18 heavy (non-hydrogen) atoms. The van der Waals surface area contributed by atoms with E-state index in [0.717, 1.165) is 5.56 Å². The molecular formula is C13H11ClN2O2. The predicted molar refractivity (Wildman–Crippen MR) is 67.6 cm³/mol. The third kappa shape index (κ3) is 3.05. The van der Waals surface area contributed by atoms with Crippen LogP contribution in [0, 0.1) is 0 Å². The Labute approximate surface area is 109 Å². The first-order chi connectivity index (χ1) is 8.66. The monoisotopic (exact) mass is 262 g/mol. The molecule has 2 rings (SSSR count). The van der Waals surface area contributed by atoms with Gasteiger partial charge in [-0.25, -0.2) is 9.97 Å². The highest BCUT2D eigenvalue weighted by Gasteiger charge is 2.22. The number of rotatable bonds is 4. The smallest absolute Gasteiger partial charge is 0.314 e. The highest BCUT2D eigenvalue weighted by molar-refractivity contribution is 6.30. The molecule has 0 aliphatic heterocycles. The molecule has 1 atom stereocenters. The average molecular weight is 263 g/mol. The van der Waals surface area contributed by atoms with Crippen molar-refractivity contribution in [2.75, 3.05) is 0 Å². The van der Waals surface area contributed by atoms with Gasteiger partial charge in [-0.05, 0) is 30.2 Å². The summed E-state index contributed by atoms with van der Waals surface area (Å²) in [5, 5.41) is 9.86. The van der Waals surface area contributed by atoms with Crippen LogP contribution < -0.4 is 0 Å². The van der Waals surface area contributed by atoms with Crippen LogP contribution in [0.4, 0.5) is 0 Å². The zero-order valence-electron chi connectivity index (χ0n) is 9.45. The molecular weight excluding hydrogens is 252 g/mol. The number of benzene rings is 1. The quantitative estimate of drug-likeness (QED) is 0.920. The lowest BCUT2D eigenvalue weighted by Gasteiger charge is -2.10. The first-order valence-corrected chi connectivity index (χ1v) is 5.79. The van der Waals surface area contributed by atoms with Gasteiger partial charge in [-0.15, -0.1) is 0 Å². The van der Waals surface area contributed by atoms with Crippen molar-refractivity contribution < 1.29 is 9.90 Å². The molecule has 0 fully saturated rings. The van der Waals surface area contributed by atoms with Crippen LogP contribution in [0.1, 0.15) is 17.3 Å².